The smallest absolute Gasteiger partial charge is 0.216 e. The van der Waals surface area contributed by atoms with Crippen molar-refractivity contribution < 1.29 is 8.98 Å². The van der Waals surface area contributed by atoms with Crippen molar-refractivity contribution in [3.05, 3.63) is 89.1 Å². The molecule has 3 aromatic carbocycles. The Morgan fingerprint density at radius 1 is 0.818 bits per heavy atom. The Morgan fingerprint density at radius 2 is 1.64 bits per heavy atom. The van der Waals surface area contributed by atoms with E-state index >= 15 is 0 Å². The van der Waals surface area contributed by atoms with E-state index in [9.17, 15) is 0 Å². The van der Waals surface area contributed by atoms with Crippen LogP contribution in [-0.2, 0) is 12.5 Å². The first-order valence-electron chi connectivity index (χ1n) is 12.1. The van der Waals surface area contributed by atoms with Crippen molar-refractivity contribution in [3.8, 4) is 22.4 Å². The van der Waals surface area contributed by atoms with Crippen LogP contribution in [0.3, 0.4) is 0 Å². The molecule has 2 aliphatic rings. The van der Waals surface area contributed by atoms with Gasteiger partial charge in [-0.15, -0.1) is 0 Å². The molecule has 0 radical (unpaired) electrons. The van der Waals surface area contributed by atoms with Gasteiger partial charge in [-0.2, -0.15) is 0 Å². The second kappa shape index (κ2) is 6.57. The molecule has 1 spiro atoms. The van der Waals surface area contributed by atoms with Crippen LogP contribution in [-0.4, -0.2) is 0 Å². The first kappa shape index (κ1) is 19.1. The van der Waals surface area contributed by atoms with E-state index in [1.165, 1.54) is 81.1 Å². The van der Waals surface area contributed by atoms with Gasteiger partial charge in [0.05, 0.1) is 5.56 Å². The van der Waals surface area contributed by atoms with E-state index in [4.69, 9.17) is 4.42 Å². The Hall–Kier alpha value is -3.39. The molecule has 162 valence electrons. The predicted octanol–water partition coefficient (Wildman–Crippen LogP) is 7.53. The molecule has 0 aliphatic heterocycles. The molecule has 0 saturated heterocycles. The SMILES string of the molecule is Cc1cc[n+](C)c(-c2c(C)ccc3c2oc2cc4c(cc23)C2(CCCC2)c2ccccc2-4)c1. The van der Waals surface area contributed by atoms with Crippen molar-refractivity contribution in [2.24, 2.45) is 7.05 Å². The lowest BCUT2D eigenvalue weighted by Gasteiger charge is -2.26. The lowest BCUT2D eigenvalue weighted by molar-refractivity contribution is -0.660. The highest BCUT2D eigenvalue weighted by Crippen LogP contribution is 2.58. The molecule has 7 rings (SSSR count). The lowest BCUT2D eigenvalue weighted by Crippen LogP contribution is -2.30. The Kier molecular flexibility index (Phi) is 3.81. The minimum atomic E-state index is 0.181. The number of benzene rings is 3. The molecule has 2 nitrogen and oxygen atoms in total. The van der Waals surface area contributed by atoms with Gasteiger partial charge in [-0.25, -0.2) is 4.57 Å². The van der Waals surface area contributed by atoms with E-state index in [2.05, 4.69) is 92.3 Å². The van der Waals surface area contributed by atoms with E-state index in [1.54, 1.807) is 0 Å². The molecular weight excluding hydrogens is 402 g/mol. The fraction of sp³-hybridized carbons (Fsp3) is 0.258. The highest BCUT2D eigenvalue weighted by atomic mass is 16.3. The second-order valence-electron chi connectivity index (χ2n) is 10.2. The van der Waals surface area contributed by atoms with E-state index < -0.39 is 0 Å². The summed E-state index contributed by atoms with van der Waals surface area (Å²) in [5, 5.41) is 2.47. The molecule has 1 saturated carbocycles. The average molecular weight is 431 g/mol. The van der Waals surface area contributed by atoms with E-state index in [0.717, 1.165) is 11.2 Å². The van der Waals surface area contributed by atoms with Gasteiger partial charge >= 0.3 is 0 Å². The molecule has 33 heavy (non-hydrogen) atoms. The topological polar surface area (TPSA) is 17.0 Å². The van der Waals surface area contributed by atoms with Crippen molar-refractivity contribution in [2.75, 3.05) is 0 Å². The zero-order valence-electron chi connectivity index (χ0n) is 19.5. The summed E-state index contributed by atoms with van der Waals surface area (Å²) in [6, 6.07) is 22.8. The van der Waals surface area contributed by atoms with Crippen molar-refractivity contribution in [1.29, 1.82) is 0 Å². The van der Waals surface area contributed by atoms with Crippen LogP contribution < -0.4 is 4.57 Å². The third-order valence-corrected chi connectivity index (χ3v) is 8.25. The molecule has 0 amide bonds. The highest BCUT2D eigenvalue weighted by Gasteiger charge is 2.45. The molecule has 2 aliphatic carbocycles. The molecule has 0 bridgehead atoms. The first-order chi connectivity index (χ1) is 16.1. The van der Waals surface area contributed by atoms with Crippen LogP contribution in [0.5, 0.6) is 0 Å². The van der Waals surface area contributed by atoms with Crippen LogP contribution in [0.1, 0.15) is 47.9 Å². The molecule has 1 fully saturated rings. The van der Waals surface area contributed by atoms with Gasteiger partial charge in [0.25, 0.3) is 0 Å². The number of fused-ring (bicyclic) bond motifs is 8. The number of hydrogen-bond donors (Lipinski definition) is 0. The fourth-order valence-corrected chi connectivity index (χ4v) is 6.64. The molecule has 5 aromatic rings. The molecular formula is C31H28NO+. The summed E-state index contributed by atoms with van der Waals surface area (Å²) in [6.07, 6.45) is 7.26. The summed E-state index contributed by atoms with van der Waals surface area (Å²) in [5.41, 5.74) is 12.9. The second-order valence-corrected chi connectivity index (χ2v) is 10.2. The summed E-state index contributed by atoms with van der Waals surface area (Å²) < 4.78 is 8.89. The normalized spacial score (nSPS) is 16.1. The minimum Gasteiger partial charge on any atom is -0.455 e. The van der Waals surface area contributed by atoms with Gasteiger partial charge in [0, 0.05) is 28.3 Å². The van der Waals surface area contributed by atoms with Gasteiger partial charge in [0.1, 0.15) is 18.2 Å². The van der Waals surface area contributed by atoms with Gasteiger partial charge < -0.3 is 4.42 Å². The van der Waals surface area contributed by atoms with Crippen molar-refractivity contribution in [2.45, 2.75) is 44.9 Å². The first-order valence-corrected chi connectivity index (χ1v) is 12.1. The zero-order valence-corrected chi connectivity index (χ0v) is 19.5. The average Bonchev–Trinajstić information content (AvgIpc) is 3.51. The van der Waals surface area contributed by atoms with Crippen LogP contribution in [0, 0.1) is 13.8 Å². The quantitative estimate of drug-likeness (QED) is 0.251. The van der Waals surface area contributed by atoms with Crippen LogP contribution in [0.25, 0.3) is 44.3 Å². The standard InChI is InChI=1S/C31H28NO/c1-19-12-15-32(3)27(16-19)29-20(2)10-11-22-24-17-26-23(18-28(24)33-30(22)29)21-8-4-5-9-25(21)31(26)13-6-7-14-31/h4-5,8-12,15-18H,6-7,13-14H2,1-3H3/q+1. The summed E-state index contributed by atoms with van der Waals surface area (Å²) >= 11 is 0. The maximum Gasteiger partial charge on any atom is 0.216 e. The van der Waals surface area contributed by atoms with E-state index in [0.29, 0.717) is 0 Å². The van der Waals surface area contributed by atoms with Gasteiger partial charge in [0.2, 0.25) is 5.69 Å². The summed E-state index contributed by atoms with van der Waals surface area (Å²) in [5.74, 6) is 0. The van der Waals surface area contributed by atoms with E-state index in [-0.39, 0.29) is 5.41 Å². The van der Waals surface area contributed by atoms with Gasteiger partial charge in [-0.05, 0) is 72.2 Å². The van der Waals surface area contributed by atoms with Crippen LogP contribution in [0.2, 0.25) is 0 Å². The highest BCUT2D eigenvalue weighted by molar-refractivity contribution is 6.11. The molecule has 0 N–H and O–H groups in total. The molecule has 2 aromatic heterocycles. The largest absolute Gasteiger partial charge is 0.455 e. The maximum absolute atomic E-state index is 6.69. The Morgan fingerprint density at radius 3 is 2.48 bits per heavy atom. The number of hydrogen-bond acceptors (Lipinski definition) is 1. The number of furan rings is 1. The number of aryl methyl sites for hydroxylation is 3. The third kappa shape index (κ3) is 2.47. The Balaban J connectivity index is 1.56. The Labute approximate surface area is 194 Å². The number of nitrogens with zero attached hydrogens (tertiary/aromatic N) is 1. The number of pyridine rings is 1. The maximum atomic E-state index is 6.69. The molecule has 2 heteroatoms. The van der Waals surface area contributed by atoms with Crippen molar-refractivity contribution >= 4 is 21.9 Å². The number of aromatic nitrogens is 1. The zero-order chi connectivity index (χ0) is 22.3. The third-order valence-electron chi connectivity index (χ3n) is 8.25. The van der Waals surface area contributed by atoms with E-state index in [1.807, 2.05) is 0 Å². The summed E-state index contributed by atoms with van der Waals surface area (Å²) in [7, 11) is 2.12. The van der Waals surface area contributed by atoms with Crippen LogP contribution in [0.15, 0.2) is 71.3 Å². The fourth-order valence-electron chi connectivity index (χ4n) is 6.64. The monoisotopic (exact) mass is 430 g/mol. The van der Waals surface area contributed by atoms with Crippen molar-refractivity contribution in [3.63, 3.8) is 0 Å². The van der Waals surface area contributed by atoms with Gasteiger partial charge in [-0.1, -0.05) is 49.2 Å². The van der Waals surface area contributed by atoms with Gasteiger partial charge in [-0.3, -0.25) is 0 Å². The van der Waals surface area contributed by atoms with Crippen LogP contribution in [0.4, 0.5) is 0 Å². The van der Waals surface area contributed by atoms with Crippen LogP contribution >= 0.6 is 0 Å². The van der Waals surface area contributed by atoms with Crippen molar-refractivity contribution in [1.82, 2.24) is 0 Å². The summed E-state index contributed by atoms with van der Waals surface area (Å²) in [4.78, 5) is 0. The minimum absolute atomic E-state index is 0.181. The Bertz CT molecular complexity index is 1600. The van der Waals surface area contributed by atoms with Gasteiger partial charge in [0.15, 0.2) is 6.20 Å². The lowest BCUT2D eigenvalue weighted by atomic mass is 9.76. The molecule has 2 heterocycles. The molecule has 0 unspecified atom stereocenters. The molecule has 0 atom stereocenters. The summed E-state index contributed by atoms with van der Waals surface area (Å²) in [6.45, 7) is 4.34. The predicted molar refractivity (Wildman–Crippen MR) is 134 cm³/mol. The number of rotatable bonds is 1.